The average molecular weight is 279 g/mol. The normalized spacial score (nSPS) is 11.2. The Bertz CT molecular complexity index is 626. The molecular weight excluding hydrogens is 264 g/mol. The van der Waals surface area contributed by atoms with Gasteiger partial charge in [0.2, 0.25) is 0 Å². The van der Waals surface area contributed by atoms with Gasteiger partial charge in [-0.2, -0.15) is 0 Å². The summed E-state index contributed by atoms with van der Waals surface area (Å²) in [4.78, 5) is 16.3. The molecule has 4 nitrogen and oxygen atoms in total. The standard InChI is InChI=1S/C14H15ClN2O2/c1-8(2)17-7-12(18)10-6-11(15)14(19)13-9(10)4-3-5-16-13/h3-6,8,17,19H,7H2,1-2H3. The van der Waals surface area contributed by atoms with Crippen LogP contribution in [-0.2, 0) is 0 Å². The summed E-state index contributed by atoms with van der Waals surface area (Å²) in [5.41, 5.74) is 0.821. The number of aromatic hydroxyl groups is 1. The zero-order valence-corrected chi connectivity index (χ0v) is 11.5. The summed E-state index contributed by atoms with van der Waals surface area (Å²) < 4.78 is 0. The number of nitrogens with zero attached hydrogens (tertiary/aromatic N) is 1. The van der Waals surface area contributed by atoms with Crippen molar-refractivity contribution in [3.63, 3.8) is 0 Å². The number of hydrogen-bond acceptors (Lipinski definition) is 4. The number of Topliss-reactive ketones (excluding diaryl/α,β-unsaturated/α-hetero) is 1. The second-order valence-electron chi connectivity index (χ2n) is 4.61. The number of fused-ring (bicyclic) bond motifs is 1. The van der Waals surface area contributed by atoms with E-state index in [4.69, 9.17) is 11.6 Å². The number of nitrogens with one attached hydrogen (secondary N) is 1. The van der Waals surface area contributed by atoms with E-state index in [0.717, 1.165) is 0 Å². The molecule has 2 rings (SSSR count). The molecule has 1 aromatic carbocycles. The van der Waals surface area contributed by atoms with Crippen molar-refractivity contribution in [3.05, 3.63) is 35.0 Å². The first-order valence-electron chi connectivity index (χ1n) is 6.03. The summed E-state index contributed by atoms with van der Waals surface area (Å²) in [6, 6.07) is 5.19. The van der Waals surface area contributed by atoms with Crippen LogP contribution in [-0.4, -0.2) is 28.5 Å². The Morgan fingerprint density at radius 3 is 2.95 bits per heavy atom. The number of aromatic nitrogens is 1. The lowest BCUT2D eigenvalue weighted by molar-refractivity contribution is 0.0990. The number of pyridine rings is 1. The highest BCUT2D eigenvalue weighted by Gasteiger charge is 2.16. The highest BCUT2D eigenvalue weighted by atomic mass is 35.5. The van der Waals surface area contributed by atoms with E-state index in [1.54, 1.807) is 18.3 Å². The minimum atomic E-state index is -0.0920. The topological polar surface area (TPSA) is 62.2 Å². The quantitative estimate of drug-likeness (QED) is 0.844. The van der Waals surface area contributed by atoms with Gasteiger partial charge in [-0.05, 0) is 12.1 Å². The number of phenols is 1. The van der Waals surface area contributed by atoms with Gasteiger partial charge in [-0.1, -0.05) is 31.5 Å². The molecule has 0 saturated carbocycles. The molecule has 0 amide bonds. The molecule has 0 spiro atoms. The highest BCUT2D eigenvalue weighted by Crippen LogP contribution is 2.33. The number of hydrogen-bond donors (Lipinski definition) is 2. The molecule has 0 aliphatic heterocycles. The van der Waals surface area contributed by atoms with Crippen LogP contribution in [0.1, 0.15) is 24.2 Å². The number of ketones is 1. The van der Waals surface area contributed by atoms with Gasteiger partial charge in [0.1, 0.15) is 5.52 Å². The molecule has 2 N–H and O–H groups in total. The summed E-state index contributed by atoms with van der Waals surface area (Å²) >= 11 is 5.94. The van der Waals surface area contributed by atoms with Crippen LogP contribution >= 0.6 is 11.6 Å². The van der Waals surface area contributed by atoms with Crippen LogP contribution in [0.15, 0.2) is 24.4 Å². The minimum absolute atomic E-state index is 0.0754. The van der Waals surface area contributed by atoms with E-state index in [2.05, 4.69) is 10.3 Å². The lowest BCUT2D eigenvalue weighted by Crippen LogP contribution is -2.29. The summed E-state index contributed by atoms with van der Waals surface area (Å²) in [7, 11) is 0. The number of phenolic OH excluding ortho intramolecular Hbond substituents is 1. The van der Waals surface area contributed by atoms with Crippen LogP contribution in [0, 0.1) is 0 Å². The van der Waals surface area contributed by atoms with Gasteiger partial charge in [-0.25, -0.2) is 0 Å². The molecule has 1 aromatic heterocycles. The highest BCUT2D eigenvalue weighted by molar-refractivity contribution is 6.34. The molecule has 2 aromatic rings. The van der Waals surface area contributed by atoms with Crippen LogP contribution in [0.5, 0.6) is 5.75 Å². The fourth-order valence-corrected chi connectivity index (χ4v) is 2.02. The number of carbonyl (C=O) groups is 1. The second kappa shape index (κ2) is 5.55. The van der Waals surface area contributed by atoms with Gasteiger partial charge in [-0.15, -0.1) is 0 Å². The number of halogens is 1. The smallest absolute Gasteiger partial charge is 0.177 e. The number of carbonyl (C=O) groups excluding carboxylic acids is 1. The maximum Gasteiger partial charge on any atom is 0.177 e. The molecule has 19 heavy (non-hydrogen) atoms. The summed E-state index contributed by atoms with van der Waals surface area (Å²) in [5, 5.41) is 13.7. The Hall–Kier alpha value is -1.65. The first kappa shape index (κ1) is 13.8. The van der Waals surface area contributed by atoms with E-state index in [9.17, 15) is 9.90 Å². The van der Waals surface area contributed by atoms with E-state index in [0.29, 0.717) is 16.5 Å². The molecule has 0 radical (unpaired) electrons. The lowest BCUT2D eigenvalue weighted by Gasteiger charge is -2.10. The molecule has 1 heterocycles. The van der Waals surface area contributed by atoms with Crippen molar-refractivity contribution < 1.29 is 9.90 Å². The van der Waals surface area contributed by atoms with Crippen molar-refractivity contribution in [2.75, 3.05) is 6.54 Å². The molecule has 0 bridgehead atoms. The van der Waals surface area contributed by atoms with Gasteiger partial charge in [0.15, 0.2) is 11.5 Å². The third kappa shape index (κ3) is 2.85. The fourth-order valence-electron chi connectivity index (χ4n) is 1.82. The van der Waals surface area contributed by atoms with E-state index in [1.807, 2.05) is 13.8 Å². The van der Waals surface area contributed by atoms with Crippen molar-refractivity contribution >= 4 is 28.3 Å². The molecule has 0 aliphatic rings. The van der Waals surface area contributed by atoms with Crippen molar-refractivity contribution in [1.82, 2.24) is 10.3 Å². The first-order valence-corrected chi connectivity index (χ1v) is 6.41. The predicted octanol–water partition coefficient (Wildman–Crippen LogP) is 2.77. The van der Waals surface area contributed by atoms with E-state index >= 15 is 0 Å². The first-order chi connectivity index (χ1) is 9.00. The van der Waals surface area contributed by atoms with Gasteiger partial charge < -0.3 is 10.4 Å². The molecule has 0 unspecified atom stereocenters. The van der Waals surface area contributed by atoms with Crippen LogP contribution in [0.4, 0.5) is 0 Å². The monoisotopic (exact) mass is 278 g/mol. The van der Waals surface area contributed by atoms with Crippen LogP contribution < -0.4 is 5.32 Å². The average Bonchev–Trinajstić information content (AvgIpc) is 2.40. The molecule has 0 fully saturated rings. The largest absolute Gasteiger partial charge is 0.504 e. The summed E-state index contributed by atoms with van der Waals surface area (Å²) in [6.45, 7) is 4.16. The second-order valence-corrected chi connectivity index (χ2v) is 5.02. The number of benzene rings is 1. The maximum absolute atomic E-state index is 12.2. The lowest BCUT2D eigenvalue weighted by atomic mass is 10.0. The van der Waals surface area contributed by atoms with Crippen molar-refractivity contribution in [2.45, 2.75) is 19.9 Å². The minimum Gasteiger partial charge on any atom is -0.504 e. The van der Waals surface area contributed by atoms with Crippen molar-refractivity contribution in [3.8, 4) is 5.75 Å². The Kier molecular flexibility index (Phi) is 4.02. The Labute approximate surface area is 116 Å². The maximum atomic E-state index is 12.2. The van der Waals surface area contributed by atoms with E-state index in [1.165, 1.54) is 6.07 Å². The summed E-state index contributed by atoms with van der Waals surface area (Å²) in [5.74, 6) is -0.167. The Morgan fingerprint density at radius 2 is 2.26 bits per heavy atom. The van der Waals surface area contributed by atoms with E-state index in [-0.39, 0.29) is 29.1 Å². The summed E-state index contributed by atoms with van der Waals surface area (Å²) in [6.07, 6.45) is 1.55. The fraction of sp³-hybridized carbons (Fsp3) is 0.286. The Balaban J connectivity index is 2.48. The van der Waals surface area contributed by atoms with Crippen LogP contribution in [0.3, 0.4) is 0 Å². The van der Waals surface area contributed by atoms with Crippen LogP contribution in [0.25, 0.3) is 10.9 Å². The van der Waals surface area contributed by atoms with Crippen LogP contribution in [0.2, 0.25) is 5.02 Å². The zero-order chi connectivity index (χ0) is 14.0. The zero-order valence-electron chi connectivity index (χ0n) is 10.8. The van der Waals surface area contributed by atoms with Crippen molar-refractivity contribution in [1.29, 1.82) is 0 Å². The third-order valence-electron chi connectivity index (χ3n) is 2.79. The molecule has 5 heteroatoms. The van der Waals surface area contributed by atoms with Gasteiger partial charge in [0.05, 0.1) is 11.6 Å². The molecule has 0 atom stereocenters. The van der Waals surface area contributed by atoms with Gasteiger partial charge >= 0.3 is 0 Å². The Morgan fingerprint density at radius 1 is 1.53 bits per heavy atom. The van der Waals surface area contributed by atoms with Gasteiger partial charge in [0, 0.05) is 23.2 Å². The van der Waals surface area contributed by atoms with E-state index < -0.39 is 0 Å². The molecule has 100 valence electrons. The molecule has 0 aliphatic carbocycles. The molecule has 0 saturated heterocycles. The third-order valence-corrected chi connectivity index (χ3v) is 3.08. The van der Waals surface area contributed by atoms with Crippen molar-refractivity contribution in [2.24, 2.45) is 0 Å². The van der Waals surface area contributed by atoms with Gasteiger partial charge in [-0.3, -0.25) is 9.78 Å². The number of rotatable bonds is 4. The molecular formula is C14H15ClN2O2. The van der Waals surface area contributed by atoms with Gasteiger partial charge in [0.25, 0.3) is 0 Å². The predicted molar refractivity (Wildman–Crippen MR) is 75.9 cm³/mol. The SMILES string of the molecule is CC(C)NCC(=O)c1cc(Cl)c(O)c2ncccc12.